The molecular formula is C40H74O20. The second-order valence-electron chi connectivity index (χ2n) is 11.5. The van der Waals surface area contributed by atoms with Crippen molar-refractivity contribution in [2.24, 2.45) is 0 Å². The number of esters is 2. The van der Waals surface area contributed by atoms with Crippen LogP contribution in [0.3, 0.4) is 0 Å². The van der Waals surface area contributed by atoms with E-state index in [-0.39, 0.29) is 13.2 Å². The molecule has 0 spiro atoms. The Bertz CT molecular complexity index is 831. The number of ether oxygens (including phenoxy) is 18. The van der Waals surface area contributed by atoms with Crippen LogP contribution < -0.4 is 0 Å². The molecule has 0 bridgehead atoms. The van der Waals surface area contributed by atoms with Gasteiger partial charge in [0.1, 0.15) is 13.2 Å². The smallest absolute Gasteiger partial charge is 0.330 e. The lowest BCUT2D eigenvalue weighted by Crippen LogP contribution is -2.16. The predicted octanol–water partition coefficient (Wildman–Crippen LogP) is 0.710. The molecule has 0 saturated carbocycles. The molecule has 0 amide bonds. The van der Waals surface area contributed by atoms with Crippen molar-refractivity contribution in [3.05, 3.63) is 25.3 Å². The average molecular weight is 875 g/mol. The molecule has 20 nitrogen and oxygen atoms in total. The molecule has 0 aromatic carbocycles. The largest absolute Gasteiger partial charge is 0.460 e. The van der Waals surface area contributed by atoms with E-state index in [1.807, 2.05) is 0 Å². The van der Waals surface area contributed by atoms with Gasteiger partial charge in [0.05, 0.1) is 211 Å². The van der Waals surface area contributed by atoms with Gasteiger partial charge in [-0.2, -0.15) is 0 Å². The van der Waals surface area contributed by atoms with Crippen LogP contribution in [0.25, 0.3) is 0 Å². The Kier molecular flexibility index (Phi) is 51.0. The van der Waals surface area contributed by atoms with Crippen LogP contribution in [0.15, 0.2) is 25.3 Å². The molecule has 354 valence electrons. The van der Waals surface area contributed by atoms with Crippen molar-refractivity contribution in [2.75, 3.05) is 225 Å². The number of hydrogen-bond donors (Lipinski definition) is 0. The summed E-state index contributed by atoms with van der Waals surface area (Å²) < 4.78 is 96.6. The van der Waals surface area contributed by atoms with E-state index in [0.717, 1.165) is 12.2 Å². The van der Waals surface area contributed by atoms with Gasteiger partial charge in [-0.15, -0.1) is 0 Å². The predicted molar refractivity (Wildman–Crippen MR) is 215 cm³/mol. The SMILES string of the molecule is C=CC(=O)OCCOCCOCCOCCOCCOCCOCCOCCOCCOCCOCCOCCOCCOCCOCCOCCOCCOC(=O)C=C. The first-order chi connectivity index (χ1) is 29.7. The van der Waals surface area contributed by atoms with Crippen LogP contribution in [0, 0.1) is 0 Å². The minimum absolute atomic E-state index is 0.191. The lowest BCUT2D eigenvalue weighted by Gasteiger charge is -2.09. The van der Waals surface area contributed by atoms with Crippen molar-refractivity contribution < 1.29 is 94.9 Å². The molecule has 0 saturated heterocycles. The summed E-state index contributed by atoms with van der Waals surface area (Å²) in [4.78, 5) is 21.7. The second kappa shape index (κ2) is 52.9. The van der Waals surface area contributed by atoms with Gasteiger partial charge in [0.25, 0.3) is 0 Å². The van der Waals surface area contributed by atoms with Crippen molar-refractivity contribution in [3.63, 3.8) is 0 Å². The zero-order valence-corrected chi connectivity index (χ0v) is 35.8. The first kappa shape index (κ1) is 57.8. The van der Waals surface area contributed by atoms with Crippen LogP contribution in [0.4, 0.5) is 0 Å². The van der Waals surface area contributed by atoms with E-state index in [1.165, 1.54) is 0 Å². The molecule has 20 heteroatoms. The van der Waals surface area contributed by atoms with E-state index in [2.05, 4.69) is 13.2 Å². The highest BCUT2D eigenvalue weighted by molar-refractivity contribution is 5.81. The van der Waals surface area contributed by atoms with E-state index >= 15 is 0 Å². The average Bonchev–Trinajstić information content (AvgIpc) is 3.26. The molecule has 0 aliphatic rings. The zero-order valence-electron chi connectivity index (χ0n) is 35.8. The summed E-state index contributed by atoms with van der Waals surface area (Å²) in [6, 6.07) is 0. The van der Waals surface area contributed by atoms with Crippen LogP contribution >= 0.6 is 0 Å². The van der Waals surface area contributed by atoms with Crippen molar-refractivity contribution in [3.8, 4) is 0 Å². The van der Waals surface area contributed by atoms with Crippen LogP contribution in [0.5, 0.6) is 0 Å². The Morgan fingerprint density at radius 2 is 0.317 bits per heavy atom. The molecule has 0 unspecified atom stereocenters. The number of carbonyl (C=O) groups excluding carboxylic acids is 2. The van der Waals surface area contributed by atoms with Gasteiger partial charge in [0.2, 0.25) is 0 Å². The summed E-state index contributed by atoms with van der Waals surface area (Å²) in [5, 5.41) is 0. The summed E-state index contributed by atoms with van der Waals surface area (Å²) >= 11 is 0. The van der Waals surface area contributed by atoms with Gasteiger partial charge in [-0.25, -0.2) is 9.59 Å². The van der Waals surface area contributed by atoms with Crippen LogP contribution in [-0.2, 0) is 94.9 Å². The lowest BCUT2D eigenvalue weighted by atomic mass is 10.6. The fraction of sp³-hybridized carbons (Fsp3) is 0.850. The van der Waals surface area contributed by atoms with E-state index < -0.39 is 11.9 Å². The maximum Gasteiger partial charge on any atom is 0.330 e. The zero-order chi connectivity index (χ0) is 43.3. The fourth-order valence-corrected chi connectivity index (χ4v) is 3.92. The third-order valence-corrected chi connectivity index (χ3v) is 6.86. The summed E-state index contributed by atoms with van der Waals surface area (Å²) in [7, 11) is 0. The molecule has 0 N–H and O–H groups in total. The molecule has 0 radical (unpaired) electrons. The Morgan fingerprint density at radius 3 is 0.417 bits per heavy atom. The van der Waals surface area contributed by atoms with E-state index in [9.17, 15) is 9.59 Å². The summed E-state index contributed by atoms with van der Waals surface area (Å²) in [6.07, 6.45) is 2.22. The summed E-state index contributed by atoms with van der Waals surface area (Å²) in [5.74, 6) is -0.929. The standard InChI is InChI=1S/C40H74O20/c1-3-39(41)59-37-35-57-33-31-55-29-27-53-25-23-51-21-19-49-17-15-47-13-11-45-9-7-43-5-6-44-8-10-46-12-14-48-16-18-50-20-22-52-24-26-54-28-30-56-32-34-58-36-38-60-40(42)4-2/h3-4H,1-2,5-38H2. The highest BCUT2D eigenvalue weighted by Gasteiger charge is 1.99. The molecule has 0 fully saturated rings. The monoisotopic (exact) mass is 874 g/mol. The minimum atomic E-state index is -0.465. The van der Waals surface area contributed by atoms with Gasteiger partial charge in [-0.1, -0.05) is 13.2 Å². The van der Waals surface area contributed by atoms with E-state index in [1.54, 1.807) is 0 Å². The van der Waals surface area contributed by atoms with Gasteiger partial charge in [-0.05, 0) is 0 Å². The van der Waals surface area contributed by atoms with Gasteiger partial charge < -0.3 is 85.3 Å². The van der Waals surface area contributed by atoms with Crippen molar-refractivity contribution in [2.45, 2.75) is 0 Å². The molecule has 0 aromatic rings. The Balaban J connectivity index is 3.08. The highest BCUT2D eigenvalue weighted by Crippen LogP contribution is 1.89. The number of hydrogen-bond acceptors (Lipinski definition) is 20. The third-order valence-electron chi connectivity index (χ3n) is 6.86. The molecular weight excluding hydrogens is 800 g/mol. The Hall–Kier alpha value is -2.22. The maximum atomic E-state index is 10.9. The summed E-state index contributed by atoms with van der Waals surface area (Å²) in [6.45, 7) is 21.8. The Morgan fingerprint density at radius 1 is 0.217 bits per heavy atom. The molecule has 0 rings (SSSR count). The highest BCUT2D eigenvalue weighted by atomic mass is 16.6. The number of rotatable bonds is 53. The summed E-state index contributed by atoms with van der Waals surface area (Å²) in [5.41, 5.74) is 0. The molecule has 0 aliphatic carbocycles. The second-order valence-corrected chi connectivity index (χ2v) is 11.5. The van der Waals surface area contributed by atoms with Gasteiger partial charge in [-0.3, -0.25) is 0 Å². The fourth-order valence-electron chi connectivity index (χ4n) is 3.92. The van der Waals surface area contributed by atoms with Crippen LogP contribution in [0.1, 0.15) is 0 Å². The van der Waals surface area contributed by atoms with Crippen molar-refractivity contribution in [1.29, 1.82) is 0 Å². The lowest BCUT2D eigenvalue weighted by molar-refractivity contribution is -0.140. The van der Waals surface area contributed by atoms with Crippen molar-refractivity contribution in [1.82, 2.24) is 0 Å². The third kappa shape index (κ3) is 51.9. The molecule has 0 atom stereocenters. The molecule has 60 heavy (non-hydrogen) atoms. The topological polar surface area (TPSA) is 200 Å². The van der Waals surface area contributed by atoms with Gasteiger partial charge in [0, 0.05) is 12.2 Å². The van der Waals surface area contributed by atoms with Crippen LogP contribution in [-0.4, -0.2) is 237 Å². The van der Waals surface area contributed by atoms with Gasteiger partial charge >= 0.3 is 11.9 Å². The molecule has 0 aromatic heterocycles. The minimum Gasteiger partial charge on any atom is -0.460 e. The maximum absolute atomic E-state index is 10.9. The number of carbonyl (C=O) groups is 2. The first-order valence-electron chi connectivity index (χ1n) is 20.5. The molecule has 0 aliphatic heterocycles. The normalized spacial score (nSPS) is 11.3. The Labute approximate surface area is 356 Å². The first-order valence-corrected chi connectivity index (χ1v) is 20.5. The van der Waals surface area contributed by atoms with Crippen LogP contribution in [0.2, 0.25) is 0 Å². The molecule has 0 heterocycles. The van der Waals surface area contributed by atoms with Gasteiger partial charge in [0.15, 0.2) is 0 Å². The quantitative estimate of drug-likeness (QED) is 0.0470. The van der Waals surface area contributed by atoms with Crippen molar-refractivity contribution >= 4 is 11.9 Å². The van der Waals surface area contributed by atoms with E-state index in [0.29, 0.717) is 211 Å². The van der Waals surface area contributed by atoms with E-state index in [4.69, 9.17) is 85.3 Å².